The Hall–Kier alpha value is -3.15. The average molecular weight is 305 g/mol. The van der Waals surface area contributed by atoms with Gasteiger partial charge in [0.15, 0.2) is 11.4 Å². The van der Waals surface area contributed by atoms with Crippen molar-refractivity contribution in [3.63, 3.8) is 0 Å². The summed E-state index contributed by atoms with van der Waals surface area (Å²) in [5.41, 5.74) is 10.8. The van der Waals surface area contributed by atoms with Gasteiger partial charge in [-0.3, -0.25) is 0 Å². The summed E-state index contributed by atoms with van der Waals surface area (Å²) in [4.78, 5) is 8.94. The van der Waals surface area contributed by atoms with Crippen LogP contribution in [0.3, 0.4) is 0 Å². The molecular weight excluding hydrogens is 290 g/mol. The molecule has 0 bridgehead atoms. The van der Waals surface area contributed by atoms with Crippen molar-refractivity contribution in [2.24, 2.45) is 0 Å². The van der Waals surface area contributed by atoms with Crippen LogP contribution in [0.5, 0.6) is 0 Å². The van der Waals surface area contributed by atoms with Gasteiger partial charge >= 0.3 is 0 Å². The highest BCUT2D eigenvalue weighted by Gasteiger charge is 2.13. The van der Waals surface area contributed by atoms with Crippen LogP contribution in [0.25, 0.3) is 28.5 Å². The molecule has 6 heteroatoms. The number of hydrogen-bond donors (Lipinski definition) is 1. The molecule has 0 aliphatic heterocycles. The molecule has 1 aromatic carbocycles. The highest BCUT2D eigenvalue weighted by Crippen LogP contribution is 2.24. The van der Waals surface area contributed by atoms with E-state index in [2.05, 4.69) is 47.1 Å². The van der Waals surface area contributed by atoms with E-state index in [4.69, 9.17) is 10.2 Å². The van der Waals surface area contributed by atoms with E-state index < -0.39 is 0 Å². The van der Waals surface area contributed by atoms with Crippen LogP contribution in [0.2, 0.25) is 0 Å². The molecule has 0 aliphatic rings. The highest BCUT2D eigenvalue weighted by atomic mass is 16.3. The predicted octanol–water partition coefficient (Wildman–Crippen LogP) is 3.25. The minimum atomic E-state index is 0.293. The standard InChI is InChI=1S/C17H15N5O/c1-10-6-11(2)8-12(7-10)13-9-15-20-16(14-4-3-5-23-14)21-22(15)17(18)19-13/h3-9H,1-2H3,(H2,18,19). The van der Waals surface area contributed by atoms with E-state index in [1.807, 2.05) is 12.1 Å². The van der Waals surface area contributed by atoms with Gasteiger partial charge in [0.05, 0.1) is 12.0 Å². The largest absolute Gasteiger partial charge is 0.461 e. The number of nitrogens with two attached hydrogens (primary N) is 1. The molecule has 0 amide bonds. The topological polar surface area (TPSA) is 82.2 Å². The number of aromatic nitrogens is 4. The summed E-state index contributed by atoms with van der Waals surface area (Å²) in [5, 5.41) is 4.35. The number of hydrogen-bond acceptors (Lipinski definition) is 5. The monoisotopic (exact) mass is 305 g/mol. The van der Waals surface area contributed by atoms with Crippen molar-refractivity contribution in [2.75, 3.05) is 5.73 Å². The molecule has 3 aromatic heterocycles. The summed E-state index contributed by atoms with van der Waals surface area (Å²) in [5.74, 6) is 1.38. The third-order valence-corrected chi connectivity index (χ3v) is 3.61. The van der Waals surface area contributed by atoms with Crippen LogP contribution >= 0.6 is 0 Å². The molecule has 2 N–H and O–H groups in total. The van der Waals surface area contributed by atoms with Gasteiger partial charge in [-0.25, -0.2) is 9.97 Å². The van der Waals surface area contributed by atoms with Gasteiger partial charge in [-0.15, -0.1) is 5.10 Å². The summed E-state index contributed by atoms with van der Waals surface area (Å²) in [6.07, 6.45) is 1.59. The molecule has 0 saturated heterocycles. The smallest absolute Gasteiger partial charge is 0.223 e. The maximum Gasteiger partial charge on any atom is 0.223 e. The van der Waals surface area contributed by atoms with Crippen LogP contribution in [0, 0.1) is 13.8 Å². The maximum atomic E-state index is 6.06. The molecule has 0 aliphatic carbocycles. The van der Waals surface area contributed by atoms with Crippen molar-refractivity contribution in [3.05, 3.63) is 53.8 Å². The lowest BCUT2D eigenvalue weighted by Crippen LogP contribution is -2.03. The number of furan rings is 1. The highest BCUT2D eigenvalue weighted by molar-refractivity contribution is 5.67. The Morgan fingerprint density at radius 3 is 2.52 bits per heavy atom. The first-order chi connectivity index (χ1) is 11.1. The Labute approximate surface area is 132 Å². The van der Waals surface area contributed by atoms with E-state index >= 15 is 0 Å². The number of nitrogens with zero attached hydrogens (tertiary/aromatic N) is 4. The zero-order chi connectivity index (χ0) is 16.0. The van der Waals surface area contributed by atoms with Gasteiger partial charge in [-0.2, -0.15) is 4.52 Å². The van der Waals surface area contributed by atoms with Gasteiger partial charge in [-0.1, -0.05) is 17.2 Å². The molecule has 114 valence electrons. The van der Waals surface area contributed by atoms with Crippen LogP contribution in [0.15, 0.2) is 47.1 Å². The lowest BCUT2D eigenvalue weighted by molar-refractivity contribution is 0.577. The van der Waals surface area contributed by atoms with E-state index in [-0.39, 0.29) is 0 Å². The number of fused-ring (bicyclic) bond motifs is 1. The van der Waals surface area contributed by atoms with Crippen LogP contribution in [-0.4, -0.2) is 19.6 Å². The second-order valence-electron chi connectivity index (χ2n) is 5.56. The summed E-state index contributed by atoms with van der Waals surface area (Å²) in [6.45, 7) is 4.12. The van der Waals surface area contributed by atoms with Crippen molar-refractivity contribution >= 4 is 11.6 Å². The van der Waals surface area contributed by atoms with Crippen molar-refractivity contribution in [1.29, 1.82) is 0 Å². The fraction of sp³-hybridized carbons (Fsp3) is 0.118. The second-order valence-corrected chi connectivity index (χ2v) is 5.56. The van der Waals surface area contributed by atoms with Crippen LogP contribution in [-0.2, 0) is 0 Å². The Bertz CT molecular complexity index is 981. The fourth-order valence-corrected chi connectivity index (χ4v) is 2.69. The Morgan fingerprint density at radius 1 is 1.04 bits per heavy atom. The van der Waals surface area contributed by atoms with Crippen LogP contribution < -0.4 is 5.73 Å². The van der Waals surface area contributed by atoms with Crippen LogP contribution in [0.4, 0.5) is 5.95 Å². The van der Waals surface area contributed by atoms with Crippen molar-refractivity contribution in [2.45, 2.75) is 13.8 Å². The first kappa shape index (κ1) is 13.5. The van der Waals surface area contributed by atoms with E-state index in [0.717, 1.165) is 11.3 Å². The first-order valence-corrected chi connectivity index (χ1v) is 7.26. The predicted molar refractivity (Wildman–Crippen MR) is 87.8 cm³/mol. The molecule has 0 fully saturated rings. The van der Waals surface area contributed by atoms with E-state index in [9.17, 15) is 0 Å². The average Bonchev–Trinajstić information content (AvgIpc) is 3.15. The third-order valence-electron chi connectivity index (χ3n) is 3.61. The second kappa shape index (κ2) is 4.95. The summed E-state index contributed by atoms with van der Waals surface area (Å²) >= 11 is 0. The number of nitrogen functional groups attached to an aromatic ring is 1. The number of aryl methyl sites for hydroxylation is 2. The van der Waals surface area contributed by atoms with Gasteiger partial charge < -0.3 is 10.2 Å². The Kier molecular flexibility index (Phi) is 2.90. The molecule has 3 heterocycles. The van der Waals surface area contributed by atoms with Gasteiger partial charge in [-0.05, 0) is 38.1 Å². The molecule has 4 rings (SSSR count). The molecule has 0 saturated carbocycles. The molecular formula is C17H15N5O. The number of benzene rings is 1. The number of rotatable bonds is 2. The van der Waals surface area contributed by atoms with Crippen molar-refractivity contribution in [1.82, 2.24) is 19.6 Å². The van der Waals surface area contributed by atoms with E-state index in [0.29, 0.717) is 23.2 Å². The normalized spacial score (nSPS) is 11.2. The SMILES string of the molecule is Cc1cc(C)cc(-c2cc3nc(-c4ccco4)nn3c(N)n2)c1. The maximum absolute atomic E-state index is 6.06. The molecule has 0 atom stereocenters. The third kappa shape index (κ3) is 2.34. The molecule has 6 nitrogen and oxygen atoms in total. The zero-order valence-corrected chi connectivity index (χ0v) is 12.8. The van der Waals surface area contributed by atoms with Gasteiger partial charge in [0.1, 0.15) is 0 Å². The Morgan fingerprint density at radius 2 is 1.83 bits per heavy atom. The lowest BCUT2D eigenvalue weighted by atomic mass is 10.0. The van der Waals surface area contributed by atoms with Crippen molar-refractivity contribution in [3.8, 4) is 22.8 Å². The minimum Gasteiger partial charge on any atom is -0.461 e. The van der Waals surface area contributed by atoms with E-state index in [1.165, 1.54) is 15.6 Å². The first-order valence-electron chi connectivity index (χ1n) is 7.26. The number of anilines is 1. The minimum absolute atomic E-state index is 0.293. The van der Waals surface area contributed by atoms with Crippen molar-refractivity contribution < 1.29 is 4.42 Å². The van der Waals surface area contributed by atoms with Gasteiger partial charge in [0.2, 0.25) is 11.8 Å². The summed E-state index contributed by atoms with van der Waals surface area (Å²) < 4.78 is 6.85. The quantitative estimate of drug-likeness (QED) is 0.614. The van der Waals surface area contributed by atoms with Gasteiger partial charge in [0.25, 0.3) is 0 Å². The molecule has 23 heavy (non-hydrogen) atoms. The Balaban J connectivity index is 1.89. The molecule has 0 unspecified atom stereocenters. The lowest BCUT2D eigenvalue weighted by Gasteiger charge is -2.06. The molecule has 4 aromatic rings. The fourth-order valence-electron chi connectivity index (χ4n) is 2.69. The zero-order valence-electron chi connectivity index (χ0n) is 12.8. The summed E-state index contributed by atoms with van der Waals surface area (Å²) in [7, 11) is 0. The van der Waals surface area contributed by atoms with Crippen LogP contribution in [0.1, 0.15) is 11.1 Å². The van der Waals surface area contributed by atoms with Gasteiger partial charge in [0, 0.05) is 11.6 Å². The summed E-state index contributed by atoms with van der Waals surface area (Å²) in [6, 6.07) is 11.8. The molecule has 0 radical (unpaired) electrons. The van der Waals surface area contributed by atoms with E-state index in [1.54, 1.807) is 12.3 Å². The molecule has 0 spiro atoms.